The molecule has 0 spiro atoms. The summed E-state index contributed by atoms with van der Waals surface area (Å²) in [5.41, 5.74) is 1.76. The van der Waals surface area contributed by atoms with Crippen LogP contribution in [-0.4, -0.2) is 16.1 Å². The molecule has 4 nitrogen and oxygen atoms in total. The lowest BCUT2D eigenvalue weighted by molar-refractivity contribution is -0.136. The van der Waals surface area contributed by atoms with Crippen molar-refractivity contribution >= 4 is 17.3 Å². The number of rotatable bonds is 5. The molecule has 0 aliphatic heterocycles. The van der Waals surface area contributed by atoms with Crippen molar-refractivity contribution in [3.05, 3.63) is 45.9 Å². The van der Waals surface area contributed by atoms with Gasteiger partial charge in [-0.25, -0.2) is 4.98 Å². The van der Waals surface area contributed by atoms with E-state index in [4.69, 9.17) is 9.84 Å². The zero-order valence-corrected chi connectivity index (χ0v) is 10.7. The molecular formula is C13H13NO3S. The zero-order chi connectivity index (χ0) is 13.0. The molecule has 0 aliphatic carbocycles. The quantitative estimate of drug-likeness (QED) is 0.901. The normalized spacial score (nSPS) is 10.3. The number of nitrogens with zero attached hydrogens (tertiary/aromatic N) is 1. The number of carboxylic acids is 1. The van der Waals surface area contributed by atoms with Crippen molar-refractivity contribution in [1.29, 1.82) is 0 Å². The third-order valence-corrected chi connectivity index (χ3v) is 3.25. The average Bonchev–Trinajstić information content (AvgIpc) is 2.74. The maximum absolute atomic E-state index is 10.5. The van der Waals surface area contributed by atoms with Gasteiger partial charge in [-0.05, 0) is 24.6 Å². The van der Waals surface area contributed by atoms with Gasteiger partial charge in [0.05, 0.1) is 6.42 Å². The number of hydrogen-bond donors (Lipinski definition) is 1. The van der Waals surface area contributed by atoms with E-state index in [2.05, 4.69) is 4.98 Å². The maximum Gasteiger partial charge on any atom is 0.307 e. The maximum atomic E-state index is 10.5. The van der Waals surface area contributed by atoms with Crippen LogP contribution in [-0.2, 0) is 17.8 Å². The predicted octanol–water partition coefficient (Wildman–Crippen LogP) is 2.66. The predicted molar refractivity (Wildman–Crippen MR) is 69.0 cm³/mol. The first-order valence-electron chi connectivity index (χ1n) is 5.48. The molecule has 1 aromatic heterocycles. The SMILES string of the molecule is Cc1csc(COc2ccc(CC(=O)O)cc2)n1. The molecule has 0 fully saturated rings. The van der Waals surface area contributed by atoms with Crippen LogP contribution in [0.1, 0.15) is 16.3 Å². The summed E-state index contributed by atoms with van der Waals surface area (Å²) >= 11 is 1.57. The van der Waals surface area contributed by atoms with Crippen molar-refractivity contribution in [1.82, 2.24) is 4.98 Å². The number of aliphatic carboxylic acids is 1. The van der Waals surface area contributed by atoms with Crippen LogP contribution in [0.3, 0.4) is 0 Å². The Labute approximate surface area is 109 Å². The Bertz CT molecular complexity index is 533. The molecule has 0 aliphatic rings. The van der Waals surface area contributed by atoms with Crippen molar-refractivity contribution in [3.8, 4) is 5.75 Å². The summed E-state index contributed by atoms with van der Waals surface area (Å²) in [7, 11) is 0. The Morgan fingerprint density at radius 2 is 2.11 bits per heavy atom. The molecule has 18 heavy (non-hydrogen) atoms. The van der Waals surface area contributed by atoms with E-state index in [1.807, 2.05) is 12.3 Å². The Hall–Kier alpha value is -1.88. The van der Waals surface area contributed by atoms with Crippen LogP contribution in [0, 0.1) is 6.92 Å². The summed E-state index contributed by atoms with van der Waals surface area (Å²) in [6.07, 6.45) is 0.0337. The number of aromatic nitrogens is 1. The van der Waals surface area contributed by atoms with E-state index in [0.717, 1.165) is 22.0 Å². The number of benzene rings is 1. The van der Waals surface area contributed by atoms with Crippen LogP contribution in [0.4, 0.5) is 0 Å². The second kappa shape index (κ2) is 5.64. The van der Waals surface area contributed by atoms with E-state index >= 15 is 0 Å². The molecule has 2 rings (SSSR count). The number of carboxylic acid groups (broad SMARTS) is 1. The summed E-state index contributed by atoms with van der Waals surface area (Å²) in [6, 6.07) is 7.07. The number of thiazole rings is 1. The third kappa shape index (κ3) is 3.56. The van der Waals surface area contributed by atoms with Crippen molar-refractivity contribution in [2.75, 3.05) is 0 Å². The lowest BCUT2D eigenvalue weighted by Crippen LogP contribution is -2.00. The van der Waals surface area contributed by atoms with E-state index < -0.39 is 5.97 Å². The van der Waals surface area contributed by atoms with Gasteiger partial charge in [0.15, 0.2) is 0 Å². The first-order chi connectivity index (χ1) is 8.63. The lowest BCUT2D eigenvalue weighted by Gasteiger charge is -2.04. The van der Waals surface area contributed by atoms with Gasteiger partial charge >= 0.3 is 5.97 Å². The van der Waals surface area contributed by atoms with Crippen LogP contribution in [0.5, 0.6) is 5.75 Å². The van der Waals surface area contributed by atoms with Crippen LogP contribution >= 0.6 is 11.3 Å². The molecule has 0 amide bonds. The first-order valence-corrected chi connectivity index (χ1v) is 6.36. The highest BCUT2D eigenvalue weighted by Gasteiger charge is 2.02. The molecule has 0 bridgehead atoms. The minimum Gasteiger partial charge on any atom is -0.486 e. The summed E-state index contributed by atoms with van der Waals surface area (Å²) in [5, 5.41) is 11.6. The van der Waals surface area contributed by atoms with Crippen LogP contribution in [0.15, 0.2) is 29.6 Å². The van der Waals surface area contributed by atoms with Crippen molar-refractivity contribution < 1.29 is 14.6 Å². The van der Waals surface area contributed by atoms with Gasteiger partial charge < -0.3 is 9.84 Å². The number of aryl methyl sites for hydroxylation is 1. The fourth-order valence-corrected chi connectivity index (χ4v) is 2.18. The van der Waals surface area contributed by atoms with Gasteiger partial charge in [0.2, 0.25) is 0 Å². The van der Waals surface area contributed by atoms with Crippen LogP contribution < -0.4 is 4.74 Å². The topological polar surface area (TPSA) is 59.4 Å². The van der Waals surface area contributed by atoms with Gasteiger partial charge in [0.1, 0.15) is 17.4 Å². The summed E-state index contributed by atoms with van der Waals surface area (Å²) in [6.45, 7) is 2.39. The standard InChI is InChI=1S/C13H13NO3S/c1-9-8-18-12(14-9)7-17-11-4-2-10(3-5-11)6-13(15)16/h2-5,8H,6-7H2,1H3,(H,15,16). The Balaban J connectivity index is 1.92. The smallest absolute Gasteiger partial charge is 0.307 e. The van der Waals surface area contributed by atoms with E-state index in [-0.39, 0.29) is 6.42 Å². The van der Waals surface area contributed by atoms with Gasteiger partial charge in [-0.1, -0.05) is 12.1 Å². The summed E-state index contributed by atoms with van der Waals surface area (Å²) in [5.74, 6) is -0.112. The highest BCUT2D eigenvalue weighted by atomic mass is 32.1. The summed E-state index contributed by atoms with van der Waals surface area (Å²) < 4.78 is 5.57. The molecule has 0 saturated heterocycles. The molecule has 1 N–H and O–H groups in total. The van der Waals surface area contributed by atoms with E-state index in [9.17, 15) is 4.79 Å². The molecule has 1 aromatic carbocycles. The fourth-order valence-electron chi connectivity index (χ4n) is 1.49. The average molecular weight is 263 g/mol. The van der Waals surface area contributed by atoms with Crippen LogP contribution in [0.2, 0.25) is 0 Å². The number of hydrogen-bond acceptors (Lipinski definition) is 4. The largest absolute Gasteiger partial charge is 0.486 e. The molecule has 94 valence electrons. The highest BCUT2D eigenvalue weighted by molar-refractivity contribution is 7.09. The Morgan fingerprint density at radius 1 is 1.39 bits per heavy atom. The van der Waals surface area contributed by atoms with Crippen molar-refractivity contribution in [2.45, 2.75) is 20.0 Å². The second-order valence-electron chi connectivity index (χ2n) is 3.89. The van der Waals surface area contributed by atoms with E-state index in [0.29, 0.717) is 6.61 Å². The number of carbonyl (C=O) groups is 1. The second-order valence-corrected chi connectivity index (χ2v) is 4.83. The van der Waals surface area contributed by atoms with Gasteiger partial charge in [-0.3, -0.25) is 4.79 Å². The Morgan fingerprint density at radius 3 is 2.67 bits per heavy atom. The molecule has 0 saturated carbocycles. The van der Waals surface area contributed by atoms with Gasteiger partial charge in [0, 0.05) is 11.1 Å². The first kappa shape index (κ1) is 12.6. The summed E-state index contributed by atoms with van der Waals surface area (Å²) in [4.78, 5) is 14.8. The molecule has 0 radical (unpaired) electrons. The lowest BCUT2D eigenvalue weighted by atomic mass is 10.1. The Kier molecular flexibility index (Phi) is 3.94. The minimum absolute atomic E-state index is 0.0337. The van der Waals surface area contributed by atoms with Crippen LogP contribution in [0.25, 0.3) is 0 Å². The fraction of sp³-hybridized carbons (Fsp3) is 0.231. The molecule has 5 heteroatoms. The van der Waals surface area contributed by atoms with E-state index in [1.54, 1.807) is 35.6 Å². The van der Waals surface area contributed by atoms with Crippen molar-refractivity contribution in [2.24, 2.45) is 0 Å². The minimum atomic E-state index is -0.832. The zero-order valence-electron chi connectivity index (χ0n) is 9.92. The molecule has 0 unspecified atom stereocenters. The highest BCUT2D eigenvalue weighted by Crippen LogP contribution is 2.16. The molecule has 2 aromatic rings. The third-order valence-electron chi connectivity index (χ3n) is 2.31. The molecule has 1 heterocycles. The van der Waals surface area contributed by atoms with Gasteiger partial charge in [-0.15, -0.1) is 11.3 Å². The van der Waals surface area contributed by atoms with Crippen molar-refractivity contribution in [3.63, 3.8) is 0 Å². The monoisotopic (exact) mass is 263 g/mol. The van der Waals surface area contributed by atoms with E-state index in [1.165, 1.54) is 0 Å². The number of ether oxygens (including phenoxy) is 1. The molecular weight excluding hydrogens is 250 g/mol. The van der Waals surface area contributed by atoms with Gasteiger partial charge in [-0.2, -0.15) is 0 Å². The van der Waals surface area contributed by atoms with Gasteiger partial charge in [0.25, 0.3) is 0 Å². The molecule has 0 atom stereocenters.